The van der Waals surface area contributed by atoms with Crippen molar-refractivity contribution in [2.45, 2.75) is 26.8 Å². The summed E-state index contributed by atoms with van der Waals surface area (Å²) < 4.78 is 18.8. The Balaban J connectivity index is 2.74. The Morgan fingerprint density at radius 3 is 2.63 bits per heavy atom. The SMILES string of the molecule is COc1ccc([C@H](C)NCC(C)(C)C(N)=O)c(F)c1. The maximum atomic E-state index is 13.9. The Morgan fingerprint density at radius 1 is 1.53 bits per heavy atom. The first-order chi connectivity index (χ1) is 8.77. The standard InChI is InChI=1S/C14H21FN2O2/c1-9(17-8-14(2,3)13(16)18)11-6-5-10(19-4)7-12(11)15/h5-7,9,17H,8H2,1-4H3,(H2,16,18)/t9-/m0/s1. The van der Waals surface area contributed by atoms with Crippen LogP contribution < -0.4 is 15.8 Å². The van der Waals surface area contributed by atoms with Crippen molar-refractivity contribution in [1.29, 1.82) is 0 Å². The van der Waals surface area contributed by atoms with E-state index in [2.05, 4.69) is 5.32 Å². The maximum absolute atomic E-state index is 13.9. The molecule has 0 aliphatic carbocycles. The number of carbonyl (C=O) groups excluding carboxylic acids is 1. The van der Waals surface area contributed by atoms with Gasteiger partial charge in [-0.05, 0) is 26.8 Å². The smallest absolute Gasteiger partial charge is 0.224 e. The van der Waals surface area contributed by atoms with Crippen LogP contribution in [0.4, 0.5) is 4.39 Å². The molecular formula is C14H21FN2O2. The number of nitrogens with one attached hydrogen (secondary N) is 1. The molecule has 1 rings (SSSR count). The van der Waals surface area contributed by atoms with Crippen molar-refractivity contribution in [3.8, 4) is 5.75 Å². The molecule has 0 aliphatic heterocycles. The van der Waals surface area contributed by atoms with Crippen molar-refractivity contribution >= 4 is 5.91 Å². The van der Waals surface area contributed by atoms with Gasteiger partial charge in [0.2, 0.25) is 5.91 Å². The lowest BCUT2D eigenvalue weighted by atomic mass is 9.92. The third kappa shape index (κ3) is 3.92. The van der Waals surface area contributed by atoms with Gasteiger partial charge in [0.1, 0.15) is 11.6 Å². The molecule has 19 heavy (non-hydrogen) atoms. The van der Waals surface area contributed by atoms with Gasteiger partial charge in [0.25, 0.3) is 0 Å². The van der Waals surface area contributed by atoms with Crippen LogP contribution in [0, 0.1) is 11.2 Å². The molecule has 0 aromatic heterocycles. The third-order valence-corrected chi connectivity index (χ3v) is 3.19. The minimum Gasteiger partial charge on any atom is -0.497 e. The summed E-state index contributed by atoms with van der Waals surface area (Å²) >= 11 is 0. The number of nitrogens with two attached hydrogens (primary N) is 1. The summed E-state index contributed by atoms with van der Waals surface area (Å²) in [6, 6.07) is 4.50. The summed E-state index contributed by atoms with van der Waals surface area (Å²) in [5, 5.41) is 3.12. The van der Waals surface area contributed by atoms with Crippen LogP contribution in [0.5, 0.6) is 5.75 Å². The van der Waals surface area contributed by atoms with E-state index in [9.17, 15) is 9.18 Å². The van der Waals surface area contributed by atoms with Crippen LogP contribution in [0.1, 0.15) is 32.4 Å². The Hall–Kier alpha value is -1.62. The molecule has 106 valence electrons. The second-order valence-electron chi connectivity index (χ2n) is 5.24. The fourth-order valence-electron chi connectivity index (χ4n) is 1.59. The monoisotopic (exact) mass is 268 g/mol. The van der Waals surface area contributed by atoms with Crippen LogP contribution >= 0.6 is 0 Å². The zero-order chi connectivity index (χ0) is 14.6. The van der Waals surface area contributed by atoms with Crippen LogP contribution in [0.3, 0.4) is 0 Å². The molecule has 1 atom stereocenters. The second-order valence-corrected chi connectivity index (χ2v) is 5.24. The average Bonchev–Trinajstić information content (AvgIpc) is 2.35. The van der Waals surface area contributed by atoms with Crippen molar-refractivity contribution in [2.24, 2.45) is 11.1 Å². The minimum absolute atomic E-state index is 0.218. The molecule has 4 nitrogen and oxygen atoms in total. The lowest BCUT2D eigenvalue weighted by molar-refractivity contribution is -0.125. The fourth-order valence-corrected chi connectivity index (χ4v) is 1.59. The van der Waals surface area contributed by atoms with E-state index in [0.29, 0.717) is 17.9 Å². The van der Waals surface area contributed by atoms with E-state index in [0.717, 1.165) is 0 Å². The van der Waals surface area contributed by atoms with Crippen molar-refractivity contribution in [3.63, 3.8) is 0 Å². The number of hydrogen-bond donors (Lipinski definition) is 2. The third-order valence-electron chi connectivity index (χ3n) is 3.19. The number of ether oxygens (including phenoxy) is 1. The molecule has 0 unspecified atom stereocenters. The van der Waals surface area contributed by atoms with Gasteiger partial charge in [0, 0.05) is 24.2 Å². The molecule has 1 aromatic rings. The first-order valence-electron chi connectivity index (χ1n) is 6.14. The molecule has 0 heterocycles. The van der Waals surface area contributed by atoms with Crippen LogP contribution in [0.25, 0.3) is 0 Å². The number of benzene rings is 1. The van der Waals surface area contributed by atoms with Crippen LogP contribution in [-0.4, -0.2) is 19.6 Å². The number of halogens is 1. The molecule has 0 bridgehead atoms. The molecular weight excluding hydrogens is 247 g/mol. The van der Waals surface area contributed by atoms with E-state index < -0.39 is 5.41 Å². The lowest BCUT2D eigenvalue weighted by Gasteiger charge is -2.24. The number of amides is 1. The Kier molecular flexibility index (Phi) is 4.89. The van der Waals surface area contributed by atoms with Gasteiger partial charge in [-0.25, -0.2) is 4.39 Å². The van der Waals surface area contributed by atoms with Crippen LogP contribution in [0.15, 0.2) is 18.2 Å². The highest BCUT2D eigenvalue weighted by molar-refractivity contribution is 5.80. The molecule has 0 fully saturated rings. The summed E-state index contributed by atoms with van der Waals surface area (Å²) in [5.74, 6) is -0.246. The number of methoxy groups -OCH3 is 1. The zero-order valence-electron chi connectivity index (χ0n) is 11.8. The Labute approximate surface area is 113 Å². The number of hydrogen-bond acceptors (Lipinski definition) is 3. The van der Waals surface area contributed by atoms with E-state index in [1.807, 2.05) is 6.92 Å². The first kappa shape index (κ1) is 15.4. The first-order valence-corrected chi connectivity index (χ1v) is 6.14. The van der Waals surface area contributed by atoms with Crippen LogP contribution in [-0.2, 0) is 4.79 Å². The molecule has 0 spiro atoms. The Bertz CT molecular complexity index is 461. The average molecular weight is 268 g/mol. The quantitative estimate of drug-likeness (QED) is 0.829. The van der Waals surface area contributed by atoms with E-state index >= 15 is 0 Å². The van der Waals surface area contributed by atoms with Gasteiger partial charge in [0.15, 0.2) is 0 Å². The predicted molar refractivity (Wildman–Crippen MR) is 72.3 cm³/mol. The van der Waals surface area contributed by atoms with Gasteiger partial charge in [0.05, 0.1) is 12.5 Å². The van der Waals surface area contributed by atoms with Gasteiger partial charge < -0.3 is 15.8 Å². The topological polar surface area (TPSA) is 64.3 Å². The number of rotatable bonds is 6. The van der Waals surface area contributed by atoms with Gasteiger partial charge in [-0.2, -0.15) is 0 Å². The molecule has 1 aromatic carbocycles. The van der Waals surface area contributed by atoms with E-state index in [-0.39, 0.29) is 17.8 Å². The van der Waals surface area contributed by atoms with E-state index in [1.165, 1.54) is 13.2 Å². The van der Waals surface area contributed by atoms with Crippen molar-refractivity contribution < 1.29 is 13.9 Å². The predicted octanol–water partition coefficient (Wildman–Crippen LogP) is 2.00. The van der Waals surface area contributed by atoms with Gasteiger partial charge in [-0.15, -0.1) is 0 Å². The summed E-state index contributed by atoms with van der Waals surface area (Å²) in [4.78, 5) is 11.2. The summed E-state index contributed by atoms with van der Waals surface area (Å²) in [6.45, 7) is 5.72. The van der Waals surface area contributed by atoms with Crippen molar-refractivity contribution in [3.05, 3.63) is 29.6 Å². The van der Waals surface area contributed by atoms with Gasteiger partial charge in [-0.1, -0.05) is 6.07 Å². The Morgan fingerprint density at radius 2 is 2.16 bits per heavy atom. The zero-order valence-corrected chi connectivity index (χ0v) is 11.8. The maximum Gasteiger partial charge on any atom is 0.224 e. The molecule has 0 saturated heterocycles. The highest BCUT2D eigenvalue weighted by Gasteiger charge is 2.25. The number of carbonyl (C=O) groups is 1. The van der Waals surface area contributed by atoms with Gasteiger partial charge >= 0.3 is 0 Å². The van der Waals surface area contributed by atoms with Crippen LogP contribution in [0.2, 0.25) is 0 Å². The van der Waals surface area contributed by atoms with E-state index in [1.54, 1.807) is 26.0 Å². The normalized spacial score (nSPS) is 13.1. The molecule has 0 aliphatic rings. The highest BCUT2D eigenvalue weighted by Crippen LogP contribution is 2.22. The van der Waals surface area contributed by atoms with E-state index in [4.69, 9.17) is 10.5 Å². The molecule has 5 heteroatoms. The largest absolute Gasteiger partial charge is 0.497 e. The molecule has 1 amide bonds. The summed E-state index contributed by atoms with van der Waals surface area (Å²) in [7, 11) is 1.49. The summed E-state index contributed by atoms with van der Waals surface area (Å²) in [6.07, 6.45) is 0. The molecule has 0 radical (unpaired) electrons. The van der Waals surface area contributed by atoms with Gasteiger partial charge in [-0.3, -0.25) is 4.79 Å². The lowest BCUT2D eigenvalue weighted by Crippen LogP contribution is -2.41. The second kappa shape index (κ2) is 6.02. The number of primary amides is 1. The van der Waals surface area contributed by atoms with Crippen molar-refractivity contribution in [2.75, 3.05) is 13.7 Å². The fraction of sp³-hybridized carbons (Fsp3) is 0.500. The highest BCUT2D eigenvalue weighted by atomic mass is 19.1. The minimum atomic E-state index is -0.669. The molecule has 0 saturated carbocycles. The van der Waals surface area contributed by atoms with Crippen molar-refractivity contribution in [1.82, 2.24) is 5.32 Å². The molecule has 3 N–H and O–H groups in total. The summed E-state index contributed by atoms with van der Waals surface area (Å²) in [5.41, 5.74) is 5.15.